The third-order valence-electron chi connectivity index (χ3n) is 5.80. The number of rotatable bonds is 8. The maximum absolute atomic E-state index is 13.8. The van der Waals surface area contributed by atoms with Crippen molar-refractivity contribution in [1.29, 1.82) is 0 Å². The van der Waals surface area contributed by atoms with E-state index in [2.05, 4.69) is 23.1 Å². The average molecular weight is 568 g/mol. The molecule has 0 aromatic heterocycles. The Hall–Kier alpha value is -3.25. The number of amides is 1. The second-order valence-electron chi connectivity index (χ2n) is 9.47. The molecule has 3 atom stereocenters. The Labute approximate surface area is 230 Å². The minimum atomic E-state index is -4.70. The largest absolute Gasteiger partial charge is 0.465 e. The fraction of sp³-hybridized carbons (Fsp3) is 0.444. The molecular weight excluding hydrogens is 535 g/mol. The van der Waals surface area contributed by atoms with Gasteiger partial charge >= 0.3 is 12.1 Å². The maximum atomic E-state index is 13.8. The molecule has 0 bridgehead atoms. The molecule has 1 N–H and O–H groups in total. The summed E-state index contributed by atoms with van der Waals surface area (Å²) in [6.07, 6.45) is -4.84. The molecule has 0 spiro atoms. The van der Waals surface area contributed by atoms with Crippen LogP contribution in [0.3, 0.4) is 0 Å². The van der Waals surface area contributed by atoms with Gasteiger partial charge in [-0.3, -0.25) is 4.79 Å². The first-order valence-corrected chi connectivity index (χ1v) is 12.8. The number of ether oxygens (including phenoxy) is 2. The quantitative estimate of drug-likeness (QED) is 0.140. The normalized spacial score (nSPS) is 18.9. The summed E-state index contributed by atoms with van der Waals surface area (Å²) in [7, 11) is 1.21. The van der Waals surface area contributed by atoms with Gasteiger partial charge in [0.2, 0.25) is 0 Å². The van der Waals surface area contributed by atoms with E-state index in [1.54, 1.807) is 45.9 Å². The highest BCUT2D eigenvalue weighted by molar-refractivity contribution is 7.80. The molecular formula is C27H32F3N3O5S. The molecule has 212 valence electrons. The summed E-state index contributed by atoms with van der Waals surface area (Å²) in [4.78, 5) is 32.4. The van der Waals surface area contributed by atoms with E-state index < -0.39 is 29.1 Å². The molecule has 1 saturated heterocycles. The van der Waals surface area contributed by atoms with Gasteiger partial charge in [-0.05, 0) is 63.6 Å². The molecule has 8 nitrogen and oxygen atoms in total. The Morgan fingerprint density at radius 2 is 1.85 bits per heavy atom. The third kappa shape index (κ3) is 8.37. The summed E-state index contributed by atoms with van der Waals surface area (Å²) in [5, 5.41) is 6.84. The van der Waals surface area contributed by atoms with Crippen molar-refractivity contribution in [3.63, 3.8) is 0 Å². The van der Waals surface area contributed by atoms with Gasteiger partial charge in [-0.25, -0.2) is 4.79 Å². The molecule has 0 radical (unpaired) electrons. The summed E-state index contributed by atoms with van der Waals surface area (Å²) in [6, 6.07) is 7.89. The first kappa shape index (κ1) is 30.3. The number of hydrogen-bond acceptors (Lipinski definition) is 8. The van der Waals surface area contributed by atoms with Crippen LogP contribution in [0.25, 0.3) is 0 Å². The second kappa shape index (κ2) is 12.7. The van der Waals surface area contributed by atoms with Crippen molar-refractivity contribution in [3.8, 4) is 0 Å². The maximum Gasteiger partial charge on any atom is 0.416 e. The lowest BCUT2D eigenvalue weighted by atomic mass is 10.0. The standard InChI is InChI=1S/C27H32F3N3O5S/c1-15(32-38-18(4)39)8-19-6-7-24(23(9-19)26(35)36-5)31-22-11-20(10-21(12-22)27(28,29)30)25(34)33-13-16(2)37-17(3)14-33/h6-7,9-12,16-18,31,39H,8,13-14H2,1-5H3/b32-15-/t16-,17+,18?. The number of esters is 1. The van der Waals surface area contributed by atoms with Crippen molar-refractivity contribution in [2.45, 2.75) is 57.9 Å². The van der Waals surface area contributed by atoms with Crippen LogP contribution in [0.4, 0.5) is 24.5 Å². The average Bonchev–Trinajstić information content (AvgIpc) is 2.86. The number of oxime groups is 1. The highest BCUT2D eigenvalue weighted by Gasteiger charge is 2.33. The van der Waals surface area contributed by atoms with E-state index in [0.717, 1.165) is 12.1 Å². The Morgan fingerprint density at radius 1 is 1.18 bits per heavy atom. The molecule has 1 aliphatic rings. The number of nitrogens with zero attached hydrogens (tertiary/aromatic N) is 2. The van der Waals surface area contributed by atoms with Crippen molar-refractivity contribution in [3.05, 3.63) is 58.7 Å². The van der Waals surface area contributed by atoms with Crippen LogP contribution >= 0.6 is 12.6 Å². The van der Waals surface area contributed by atoms with Gasteiger partial charge in [0.1, 0.15) is 0 Å². The number of nitrogens with one attached hydrogen (secondary N) is 1. The summed E-state index contributed by atoms with van der Waals surface area (Å²) >= 11 is 4.10. The fourth-order valence-corrected chi connectivity index (χ4v) is 4.30. The lowest BCUT2D eigenvalue weighted by Gasteiger charge is -2.35. The number of morpholine rings is 1. The molecule has 1 heterocycles. The first-order chi connectivity index (χ1) is 18.3. The molecule has 12 heteroatoms. The van der Waals surface area contributed by atoms with Crippen molar-refractivity contribution in [2.24, 2.45) is 5.16 Å². The van der Waals surface area contributed by atoms with Crippen LogP contribution in [0.2, 0.25) is 0 Å². The van der Waals surface area contributed by atoms with Crippen molar-refractivity contribution >= 4 is 41.6 Å². The van der Waals surface area contributed by atoms with Crippen molar-refractivity contribution in [2.75, 3.05) is 25.5 Å². The molecule has 39 heavy (non-hydrogen) atoms. The van der Waals surface area contributed by atoms with Gasteiger partial charge in [-0.2, -0.15) is 13.2 Å². The highest BCUT2D eigenvalue weighted by Crippen LogP contribution is 2.34. The van der Waals surface area contributed by atoms with E-state index in [0.29, 0.717) is 17.7 Å². The highest BCUT2D eigenvalue weighted by atomic mass is 32.1. The first-order valence-electron chi connectivity index (χ1n) is 12.3. The topological polar surface area (TPSA) is 89.5 Å². The van der Waals surface area contributed by atoms with Crippen molar-refractivity contribution in [1.82, 2.24) is 4.90 Å². The minimum absolute atomic E-state index is 0.00524. The lowest BCUT2D eigenvalue weighted by molar-refractivity contribution is -0.137. The van der Waals surface area contributed by atoms with Gasteiger partial charge in [0.05, 0.1) is 41.8 Å². The number of benzene rings is 2. The molecule has 2 aromatic carbocycles. The van der Waals surface area contributed by atoms with Crippen LogP contribution in [0.5, 0.6) is 0 Å². The Morgan fingerprint density at radius 3 is 2.44 bits per heavy atom. The van der Waals surface area contributed by atoms with Gasteiger partial charge in [0.25, 0.3) is 5.91 Å². The number of hydrogen-bond donors (Lipinski definition) is 2. The summed E-state index contributed by atoms with van der Waals surface area (Å²) < 4.78 is 51.9. The Bertz CT molecular complexity index is 1230. The zero-order valence-corrected chi connectivity index (χ0v) is 23.2. The predicted octanol–water partition coefficient (Wildman–Crippen LogP) is 5.70. The van der Waals surface area contributed by atoms with E-state index in [1.165, 1.54) is 18.1 Å². The van der Waals surface area contributed by atoms with Crippen LogP contribution in [0.1, 0.15) is 59.5 Å². The Kier molecular flexibility index (Phi) is 9.89. The predicted molar refractivity (Wildman–Crippen MR) is 145 cm³/mol. The van der Waals surface area contributed by atoms with E-state index >= 15 is 0 Å². The summed E-state index contributed by atoms with van der Waals surface area (Å²) in [6.45, 7) is 7.58. The van der Waals surface area contributed by atoms with Crippen molar-refractivity contribution < 1.29 is 37.1 Å². The van der Waals surface area contributed by atoms with E-state index in [-0.39, 0.29) is 47.8 Å². The molecule has 1 unspecified atom stereocenters. The summed E-state index contributed by atoms with van der Waals surface area (Å²) in [5.41, 5.74) is 0.125. The second-order valence-corrected chi connectivity index (χ2v) is 10.2. The van der Waals surface area contributed by atoms with Gasteiger partial charge in [-0.15, -0.1) is 12.6 Å². The number of carbonyl (C=O) groups excluding carboxylic acids is 2. The zero-order chi connectivity index (χ0) is 28.9. The molecule has 2 aromatic rings. The van der Waals surface area contributed by atoms with Crippen LogP contribution < -0.4 is 5.32 Å². The van der Waals surface area contributed by atoms with Crippen LogP contribution in [-0.2, 0) is 26.9 Å². The molecule has 3 rings (SSSR count). The van der Waals surface area contributed by atoms with Gasteiger partial charge < -0.3 is 24.5 Å². The number of halogens is 3. The fourth-order valence-electron chi connectivity index (χ4n) is 4.25. The zero-order valence-electron chi connectivity index (χ0n) is 22.3. The monoisotopic (exact) mass is 567 g/mol. The SMILES string of the molecule is COC(=O)c1cc(C/C(C)=N\OC(C)S)ccc1Nc1cc(C(=O)N2C[C@@H](C)O[C@@H](C)C2)cc(C(F)(F)F)c1. The number of anilines is 2. The van der Waals surface area contributed by atoms with Gasteiger partial charge in [-0.1, -0.05) is 11.2 Å². The van der Waals surface area contributed by atoms with Gasteiger partial charge in [0.15, 0.2) is 5.44 Å². The molecule has 1 fully saturated rings. The van der Waals surface area contributed by atoms with Gasteiger partial charge in [0, 0.05) is 30.8 Å². The van der Waals surface area contributed by atoms with Crippen LogP contribution in [0, 0.1) is 0 Å². The minimum Gasteiger partial charge on any atom is -0.465 e. The van der Waals surface area contributed by atoms with E-state index in [1.807, 2.05) is 0 Å². The summed E-state index contributed by atoms with van der Waals surface area (Å²) in [5.74, 6) is -1.23. The number of carbonyl (C=O) groups is 2. The number of alkyl halides is 3. The Balaban J connectivity index is 1.96. The molecule has 1 aliphatic heterocycles. The van der Waals surface area contributed by atoms with Crippen LogP contribution in [0.15, 0.2) is 41.6 Å². The smallest absolute Gasteiger partial charge is 0.416 e. The lowest BCUT2D eigenvalue weighted by Crippen LogP contribution is -2.48. The van der Waals surface area contributed by atoms with Crippen LogP contribution in [-0.4, -0.2) is 60.3 Å². The molecule has 1 amide bonds. The van der Waals surface area contributed by atoms with E-state index in [4.69, 9.17) is 14.3 Å². The van der Waals surface area contributed by atoms with E-state index in [9.17, 15) is 22.8 Å². The number of methoxy groups -OCH3 is 1. The molecule has 0 aliphatic carbocycles. The molecule has 0 saturated carbocycles. The third-order valence-corrected chi connectivity index (χ3v) is 5.90. The number of thiol groups is 1.